The van der Waals surface area contributed by atoms with E-state index in [0.717, 1.165) is 9.03 Å². The molecule has 0 aromatic carbocycles. The maximum Gasteiger partial charge on any atom is 0.285 e. The average molecular weight is 451 g/mol. The predicted molar refractivity (Wildman–Crippen MR) is 117 cm³/mol. The van der Waals surface area contributed by atoms with Gasteiger partial charge in [-0.1, -0.05) is 18.2 Å². The van der Waals surface area contributed by atoms with Gasteiger partial charge in [0, 0.05) is 0 Å². The van der Waals surface area contributed by atoms with E-state index < -0.39 is 11.4 Å². The maximum absolute atomic E-state index is 12.6. The van der Waals surface area contributed by atoms with Gasteiger partial charge in [0.15, 0.2) is 17.0 Å². The van der Waals surface area contributed by atoms with Gasteiger partial charge in [-0.2, -0.15) is 40.0 Å². The van der Waals surface area contributed by atoms with Crippen LogP contribution in [0, 0.1) is 47.8 Å². The lowest BCUT2D eigenvalue weighted by molar-refractivity contribution is 0.433. The normalized spacial score (nSPS) is 12.0. The second kappa shape index (κ2) is 8.19. The first-order valence-corrected chi connectivity index (χ1v) is 9.62. The van der Waals surface area contributed by atoms with Gasteiger partial charge in [-0.05, 0) is 26.0 Å². The SMILES string of the molecule is Cc1nn2c(O)c(C=CC=C/C=c3\c(O)nc4c(C#N)c(C)nn4c3=O)c(C#N)nc2c1C#N. The molecule has 0 unspecified atom stereocenters. The fraction of sp³-hybridized carbons (Fsp3) is 0.0909. The quantitative estimate of drug-likeness (QED) is 0.416. The van der Waals surface area contributed by atoms with Gasteiger partial charge < -0.3 is 10.2 Å². The molecule has 0 bridgehead atoms. The lowest BCUT2D eigenvalue weighted by Gasteiger charge is -2.03. The summed E-state index contributed by atoms with van der Waals surface area (Å²) < 4.78 is 2.03. The van der Waals surface area contributed by atoms with Crippen molar-refractivity contribution in [1.82, 2.24) is 29.2 Å². The molecule has 4 aromatic heterocycles. The highest BCUT2D eigenvalue weighted by Gasteiger charge is 2.19. The Morgan fingerprint density at radius 2 is 1.47 bits per heavy atom. The molecule has 0 aliphatic heterocycles. The number of fused-ring (bicyclic) bond motifs is 2. The Balaban J connectivity index is 1.73. The average Bonchev–Trinajstić information content (AvgIpc) is 3.31. The fourth-order valence-corrected chi connectivity index (χ4v) is 3.30. The molecule has 12 nitrogen and oxygen atoms in total. The van der Waals surface area contributed by atoms with Gasteiger partial charge in [0.05, 0.1) is 17.0 Å². The number of aromatic nitrogens is 6. The monoisotopic (exact) mass is 451 g/mol. The third-order valence-corrected chi connectivity index (χ3v) is 4.94. The molecular formula is C22H13N9O3. The highest BCUT2D eigenvalue weighted by Crippen LogP contribution is 2.25. The Labute approximate surface area is 190 Å². The molecule has 164 valence electrons. The van der Waals surface area contributed by atoms with Gasteiger partial charge in [0.2, 0.25) is 11.8 Å². The zero-order valence-electron chi connectivity index (χ0n) is 17.7. The van der Waals surface area contributed by atoms with E-state index in [2.05, 4.69) is 20.2 Å². The molecule has 0 radical (unpaired) electrons. The number of nitrogens with zero attached hydrogens (tertiary/aromatic N) is 9. The van der Waals surface area contributed by atoms with E-state index in [-0.39, 0.29) is 44.8 Å². The molecule has 0 saturated heterocycles. The van der Waals surface area contributed by atoms with E-state index in [4.69, 9.17) is 0 Å². The van der Waals surface area contributed by atoms with E-state index in [1.165, 1.54) is 30.4 Å². The van der Waals surface area contributed by atoms with Crippen LogP contribution in [0.1, 0.15) is 33.8 Å². The molecule has 2 N–H and O–H groups in total. The Morgan fingerprint density at radius 1 is 0.853 bits per heavy atom. The second-order valence-corrected chi connectivity index (χ2v) is 6.99. The summed E-state index contributed by atoms with van der Waals surface area (Å²) in [4.78, 5) is 20.6. The Bertz CT molecular complexity index is 1810. The van der Waals surface area contributed by atoms with Gasteiger partial charge in [-0.3, -0.25) is 4.79 Å². The molecular weight excluding hydrogens is 438 g/mol. The first-order chi connectivity index (χ1) is 16.3. The summed E-state index contributed by atoms with van der Waals surface area (Å²) in [5.41, 5.74) is 0.305. The number of aromatic hydroxyl groups is 2. The first kappa shape index (κ1) is 21.7. The highest BCUT2D eigenvalue weighted by molar-refractivity contribution is 5.68. The molecule has 4 aromatic rings. The van der Waals surface area contributed by atoms with Crippen molar-refractivity contribution in [2.75, 3.05) is 0 Å². The zero-order valence-corrected chi connectivity index (χ0v) is 17.7. The van der Waals surface area contributed by atoms with E-state index in [9.17, 15) is 30.8 Å². The van der Waals surface area contributed by atoms with E-state index in [1.54, 1.807) is 13.8 Å². The number of allylic oxidation sites excluding steroid dienone is 3. The largest absolute Gasteiger partial charge is 0.493 e. The molecule has 4 rings (SSSR count). The summed E-state index contributed by atoms with van der Waals surface area (Å²) in [6, 6.07) is 5.73. The van der Waals surface area contributed by atoms with Crippen molar-refractivity contribution in [3.63, 3.8) is 0 Å². The van der Waals surface area contributed by atoms with Crippen LogP contribution in [0.3, 0.4) is 0 Å². The number of hydrogen-bond acceptors (Lipinski definition) is 10. The molecule has 0 fully saturated rings. The molecule has 0 atom stereocenters. The highest BCUT2D eigenvalue weighted by atomic mass is 16.3. The summed E-state index contributed by atoms with van der Waals surface area (Å²) >= 11 is 0. The number of rotatable bonds is 3. The van der Waals surface area contributed by atoms with Gasteiger partial charge in [-0.25, -0.2) is 4.98 Å². The minimum atomic E-state index is -0.651. The van der Waals surface area contributed by atoms with Gasteiger partial charge >= 0.3 is 0 Å². The molecule has 0 aliphatic rings. The Morgan fingerprint density at radius 3 is 2.09 bits per heavy atom. The van der Waals surface area contributed by atoms with Crippen molar-refractivity contribution in [2.24, 2.45) is 0 Å². The van der Waals surface area contributed by atoms with Gasteiger partial charge in [0.1, 0.15) is 34.6 Å². The predicted octanol–water partition coefficient (Wildman–Crippen LogP) is 0.544. The van der Waals surface area contributed by atoms with Crippen LogP contribution in [0.15, 0.2) is 23.0 Å². The number of nitriles is 3. The molecule has 4 heterocycles. The molecule has 12 heteroatoms. The topological polar surface area (TPSA) is 189 Å². The minimum Gasteiger partial charge on any atom is -0.493 e. The first-order valence-electron chi connectivity index (χ1n) is 9.62. The van der Waals surface area contributed by atoms with Crippen LogP contribution < -0.4 is 10.8 Å². The van der Waals surface area contributed by atoms with E-state index in [0.29, 0.717) is 11.4 Å². The lowest BCUT2D eigenvalue weighted by Crippen LogP contribution is -2.32. The fourth-order valence-electron chi connectivity index (χ4n) is 3.30. The second-order valence-electron chi connectivity index (χ2n) is 6.99. The summed E-state index contributed by atoms with van der Waals surface area (Å²) in [7, 11) is 0. The Hall–Kier alpha value is -5.54. The molecule has 0 aliphatic carbocycles. The molecule has 0 saturated carbocycles. The van der Waals surface area contributed by atoms with Crippen LogP contribution >= 0.6 is 0 Å². The van der Waals surface area contributed by atoms with Crippen molar-refractivity contribution in [3.05, 3.63) is 67.6 Å². The molecule has 0 amide bonds. The van der Waals surface area contributed by atoms with Crippen molar-refractivity contribution >= 4 is 23.4 Å². The summed E-state index contributed by atoms with van der Waals surface area (Å²) in [6.45, 7) is 3.14. The minimum absolute atomic E-state index is 0.0284. The molecule has 34 heavy (non-hydrogen) atoms. The number of aryl methyl sites for hydroxylation is 2. The van der Waals surface area contributed by atoms with Crippen LogP contribution in [0.2, 0.25) is 0 Å². The van der Waals surface area contributed by atoms with Crippen molar-refractivity contribution in [1.29, 1.82) is 15.8 Å². The summed E-state index contributed by atoms with van der Waals surface area (Å²) in [5.74, 6) is -0.916. The van der Waals surface area contributed by atoms with Crippen molar-refractivity contribution < 1.29 is 10.2 Å². The van der Waals surface area contributed by atoms with Crippen LogP contribution in [-0.4, -0.2) is 39.4 Å². The van der Waals surface area contributed by atoms with Crippen LogP contribution in [0.4, 0.5) is 0 Å². The number of hydrogen-bond donors (Lipinski definition) is 2. The zero-order chi connectivity index (χ0) is 24.6. The van der Waals surface area contributed by atoms with Gasteiger partial charge in [0.25, 0.3) is 5.56 Å². The summed E-state index contributed by atoms with van der Waals surface area (Å²) in [5, 5.41) is 56.5. The third kappa shape index (κ3) is 3.27. The van der Waals surface area contributed by atoms with Crippen LogP contribution in [0.5, 0.6) is 11.8 Å². The van der Waals surface area contributed by atoms with E-state index in [1.807, 2.05) is 18.2 Å². The van der Waals surface area contributed by atoms with Crippen LogP contribution in [0.25, 0.3) is 23.4 Å². The van der Waals surface area contributed by atoms with E-state index >= 15 is 0 Å². The van der Waals surface area contributed by atoms with Crippen LogP contribution in [-0.2, 0) is 0 Å². The molecule has 0 spiro atoms. The smallest absolute Gasteiger partial charge is 0.285 e. The van der Waals surface area contributed by atoms with Crippen molar-refractivity contribution in [3.8, 4) is 30.0 Å². The van der Waals surface area contributed by atoms with Crippen molar-refractivity contribution in [2.45, 2.75) is 13.8 Å². The maximum atomic E-state index is 12.6. The standard InChI is InChI=1S/C22H13N9O3/c1-11-15(8-23)18-26-17(10-25)13(21(33)30(18)28-11)6-4-3-5-7-14-20(32)27-19-16(9-24)12(2)29-31(19)22(14)34/h3-7,33H,1-2H3,(H,27,32)/b5-3?,6-4?,14-7+. The van der Waals surface area contributed by atoms with Gasteiger partial charge in [-0.15, -0.1) is 0 Å². The lowest BCUT2D eigenvalue weighted by atomic mass is 10.2. The third-order valence-electron chi connectivity index (χ3n) is 4.94. The Kier molecular flexibility index (Phi) is 5.22. The summed E-state index contributed by atoms with van der Waals surface area (Å²) in [6.07, 6.45) is 7.10.